The molecule has 126 valence electrons. The Kier molecular flexibility index (Phi) is 5.40. The molecule has 0 unspecified atom stereocenters. The van der Waals surface area contributed by atoms with Gasteiger partial charge in [-0.3, -0.25) is 4.72 Å². The number of nitrogens with zero attached hydrogens (tertiary/aromatic N) is 1. The predicted molar refractivity (Wildman–Crippen MR) is 89.4 cm³/mol. The zero-order valence-electron chi connectivity index (χ0n) is 12.6. The van der Waals surface area contributed by atoms with E-state index in [2.05, 4.69) is 14.4 Å². The molecule has 0 saturated carbocycles. The molecule has 7 nitrogen and oxygen atoms in total. The van der Waals surface area contributed by atoms with Crippen LogP contribution in [-0.4, -0.2) is 27.9 Å². The Labute approximate surface area is 139 Å². The molecule has 23 heavy (non-hydrogen) atoms. The zero-order chi connectivity index (χ0) is 17.1. The van der Waals surface area contributed by atoms with E-state index >= 15 is 0 Å². The third kappa shape index (κ3) is 4.50. The smallest absolute Gasteiger partial charge is 0.255 e. The lowest BCUT2D eigenvalue weighted by Crippen LogP contribution is -2.32. The Morgan fingerprint density at radius 1 is 1.09 bits per heavy atom. The highest BCUT2D eigenvalue weighted by atomic mass is 32.2. The quantitative estimate of drug-likeness (QED) is 0.770. The first-order chi connectivity index (χ1) is 10.7. The number of hydrogen-bond donors (Lipinski definition) is 2. The van der Waals surface area contributed by atoms with Gasteiger partial charge in [0, 0.05) is 17.6 Å². The Balaban J connectivity index is 2.22. The van der Waals surface area contributed by atoms with Gasteiger partial charge in [0.05, 0.1) is 9.79 Å². The minimum Gasteiger partial charge on any atom is -0.255 e. The van der Waals surface area contributed by atoms with Gasteiger partial charge in [-0.15, -0.1) is 11.3 Å². The normalized spacial score (nSPS) is 13.7. The third-order valence-corrected chi connectivity index (χ3v) is 6.85. The number of nitrogens with one attached hydrogen (secondary N) is 2. The molecule has 0 aliphatic carbocycles. The van der Waals surface area contributed by atoms with Crippen molar-refractivity contribution in [2.24, 2.45) is 0 Å². The van der Waals surface area contributed by atoms with Gasteiger partial charge in [-0.1, -0.05) is 6.92 Å². The Bertz CT molecular complexity index is 844. The average Bonchev–Trinajstić information content (AvgIpc) is 2.99. The largest absolute Gasteiger partial charge is 0.263 e. The van der Waals surface area contributed by atoms with E-state index in [1.807, 2.05) is 6.92 Å². The number of sulfonamides is 2. The highest BCUT2D eigenvalue weighted by Crippen LogP contribution is 2.19. The summed E-state index contributed by atoms with van der Waals surface area (Å²) in [6.07, 6.45) is 2.14. The lowest BCUT2D eigenvalue weighted by molar-refractivity contribution is 0.555. The first kappa shape index (κ1) is 17.9. The lowest BCUT2D eigenvalue weighted by Gasteiger charge is -2.12. The van der Waals surface area contributed by atoms with Crippen LogP contribution in [0, 0.1) is 0 Å². The summed E-state index contributed by atoms with van der Waals surface area (Å²) in [6, 6.07) is 4.83. The molecular formula is C13H17N3O4S3. The van der Waals surface area contributed by atoms with Crippen LogP contribution in [0.4, 0.5) is 5.13 Å². The first-order valence-corrected chi connectivity index (χ1v) is 10.6. The molecule has 0 saturated heterocycles. The van der Waals surface area contributed by atoms with Gasteiger partial charge >= 0.3 is 0 Å². The van der Waals surface area contributed by atoms with Crippen LogP contribution in [0.5, 0.6) is 0 Å². The number of thiazole rings is 1. The van der Waals surface area contributed by atoms with Crippen molar-refractivity contribution in [2.45, 2.75) is 36.1 Å². The molecule has 0 bridgehead atoms. The summed E-state index contributed by atoms with van der Waals surface area (Å²) in [5.41, 5.74) is 0. The third-order valence-electron chi connectivity index (χ3n) is 3.07. The van der Waals surface area contributed by atoms with Gasteiger partial charge in [0.1, 0.15) is 0 Å². The van der Waals surface area contributed by atoms with E-state index in [0.717, 1.165) is 11.3 Å². The first-order valence-electron chi connectivity index (χ1n) is 6.79. The molecule has 0 spiro atoms. The fourth-order valence-electron chi connectivity index (χ4n) is 1.66. The van der Waals surface area contributed by atoms with E-state index in [4.69, 9.17) is 0 Å². The second-order valence-corrected chi connectivity index (χ2v) is 9.14. The number of hydrogen-bond acceptors (Lipinski definition) is 6. The lowest BCUT2D eigenvalue weighted by atomic mass is 10.3. The van der Waals surface area contributed by atoms with Gasteiger partial charge in [-0.2, -0.15) is 0 Å². The summed E-state index contributed by atoms with van der Waals surface area (Å²) in [4.78, 5) is 3.84. The predicted octanol–water partition coefficient (Wildman–Crippen LogP) is 2.02. The van der Waals surface area contributed by atoms with Crippen LogP contribution in [0.3, 0.4) is 0 Å². The summed E-state index contributed by atoms with van der Waals surface area (Å²) < 4.78 is 53.5. The summed E-state index contributed by atoms with van der Waals surface area (Å²) in [7, 11) is -7.45. The van der Waals surface area contributed by atoms with Gasteiger partial charge in [0.15, 0.2) is 5.13 Å². The van der Waals surface area contributed by atoms with E-state index in [9.17, 15) is 16.8 Å². The maximum Gasteiger partial charge on any atom is 0.263 e. The minimum absolute atomic E-state index is 0.0194. The standard InChI is InChI=1S/C13H17N3O4S3/c1-3-10(2)15-22(17,18)11-4-6-12(7-5-11)23(19,20)16-13-14-8-9-21-13/h4-10,15H,3H2,1-2H3,(H,14,16)/t10-/m0/s1. The molecule has 1 atom stereocenters. The topological polar surface area (TPSA) is 105 Å². The van der Waals surface area contributed by atoms with E-state index in [-0.39, 0.29) is 21.0 Å². The molecular weight excluding hydrogens is 358 g/mol. The highest BCUT2D eigenvalue weighted by Gasteiger charge is 2.19. The molecule has 1 aromatic heterocycles. The van der Waals surface area contributed by atoms with Gasteiger partial charge in [-0.05, 0) is 37.6 Å². The van der Waals surface area contributed by atoms with Crippen LogP contribution >= 0.6 is 11.3 Å². The molecule has 2 aromatic rings. The zero-order valence-corrected chi connectivity index (χ0v) is 15.0. The van der Waals surface area contributed by atoms with Gasteiger partial charge < -0.3 is 0 Å². The van der Waals surface area contributed by atoms with E-state index in [1.54, 1.807) is 12.3 Å². The van der Waals surface area contributed by atoms with Crippen LogP contribution in [-0.2, 0) is 20.0 Å². The van der Waals surface area contributed by atoms with Crippen LogP contribution < -0.4 is 9.44 Å². The number of anilines is 1. The second-order valence-electron chi connectivity index (χ2n) is 4.84. The molecule has 0 aliphatic heterocycles. The van der Waals surface area contributed by atoms with Gasteiger partial charge in [0.25, 0.3) is 10.0 Å². The fourth-order valence-corrected chi connectivity index (χ4v) is 4.78. The minimum atomic E-state index is -3.79. The van der Waals surface area contributed by atoms with E-state index in [0.29, 0.717) is 6.42 Å². The van der Waals surface area contributed by atoms with Crippen molar-refractivity contribution in [3.05, 3.63) is 35.8 Å². The molecule has 2 N–H and O–H groups in total. The summed E-state index contributed by atoms with van der Waals surface area (Å²) >= 11 is 1.15. The maximum absolute atomic E-state index is 12.2. The van der Waals surface area contributed by atoms with E-state index in [1.165, 1.54) is 30.5 Å². The molecule has 0 radical (unpaired) electrons. The monoisotopic (exact) mass is 375 g/mol. The fraction of sp³-hybridized carbons (Fsp3) is 0.308. The van der Waals surface area contributed by atoms with Crippen molar-refractivity contribution in [2.75, 3.05) is 4.72 Å². The average molecular weight is 375 g/mol. The summed E-state index contributed by atoms with van der Waals surface area (Å²) in [5.74, 6) is 0. The van der Waals surface area contributed by atoms with Crippen LogP contribution in [0.15, 0.2) is 45.6 Å². The molecule has 2 rings (SSSR count). The van der Waals surface area contributed by atoms with Crippen molar-refractivity contribution < 1.29 is 16.8 Å². The van der Waals surface area contributed by atoms with Crippen molar-refractivity contribution in [3.63, 3.8) is 0 Å². The number of aromatic nitrogens is 1. The summed E-state index contributed by atoms with van der Waals surface area (Å²) in [6.45, 7) is 3.63. The Morgan fingerprint density at radius 2 is 1.65 bits per heavy atom. The molecule has 0 amide bonds. The number of benzene rings is 1. The van der Waals surface area contributed by atoms with Crippen LogP contribution in [0.25, 0.3) is 0 Å². The van der Waals surface area contributed by atoms with Gasteiger partial charge in [-0.25, -0.2) is 26.5 Å². The van der Waals surface area contributed by atoms with Crippen molar-refractivity contribution in [1.82, 2.24) is 9.71 Å². The Morgan fingerprint density at radius 3 is 2.13 bits per heavy atom. The highest BCUT2D eigenvalue weighted by molar-refractivity contribution is 7.93. The molecule has 0 fully saturated rings. The molecule has 1 aromatic carbocycles. The second kappa shape index (κ2) is 6.95. The summed E-state index contributed by atoms with van der Waals surface area (Å²) in [5, 5.41) is 1.90. The maximum atomic E-state index is 12.2. The van der Waals surface area contributed by atoms with Crippen LogP contribution in [0.1, 0.15) is 20.3 Å². The molecule has 10 heteroatoms. The van der Waals surface area contributed by atoms with Crippen molar-refractivity contribution in [1.29, 1.82) is 0 Å². The molecule has 0 aliphatic rings. The van der Waals surface area contributed by atoms with Crippen molar-refractivity contribution >= 4 is 36.5 Å². The SMILES string of the molecule is CC[C@H](C)NS(=O)(=O)c1ccc(S(=O)(=O)Nc2nccs2)cc1. The van der Waals surface area contributed by atoms with E-state index < -0.39 is 20.0 Å². The van der Waals surface area contributed by atoms with Crippen LogP contribution in [0.2, 0.25) is 0 Å². The van der Waals surface area contributed by atoms with Gasteiger partial charge in [0.2, 0.25) is 10.0 Å². The Hall–Kier alpha value is -1.49. The number of rotatable bonds is 7. The molecule has 1 heterocycles. The van der Waals surface area contributed by atoms with Crippen molar-refractivity contribution in [3.8, 4) is 0 Å².